The molecule has 1 unspecified atom stereocenters. The molecule has 1 N–H and O–H groups in total. The molecular formula is C19H14BrClFN5. The van der Waals surface area contributed by atoms with Gasteiger partial charge in [0.15, 0.2) is 5.65 Å². The van der Waals surface area contributed by atoms with Crippen molar-refractivity contribution in [3.63, 3.8) is 0 Å². The largest absolute Gasteiger partial charge is 0.339 e. The number of hydrogen-bond acceptors (Lipinski definition) is 4. The lowest BCUT2D eigenvalue weighted by molar-refractivity contribution is 0.609. The van der Waals surface area contributed by atoms with Crippen molar-refractivity contribution in [1.29, 1.82) is 0 Å². The smallest absolute Gasteiger partial charge is 0.163 e. The highest BCUT2D eigenvalue weighted by Gasteiger charge is 2.15. The minimum Gasteiger partial charge on any atom is -0.339 e. The summed E-state index contributed by atoms with van der Waals surface area (Å²) in [5.74, 6) is 0.375. The molecule has 4 rings (SSSR count). The molecule has 0 amide bonds. The van der Waals surface area contributed by atoms with Crippen molar-refractivity contribution in [1.82, 2.24) is 19.7 Å². The fourth-order valence-electron chi connectivity index (χ4n) is 2.76. The van der Waals surface area contributed by atoms with E-state index in [2.05, 4.69) is 36.3 Å². The third-order valence-corrected chi connectivity index (χ3v) is 4.97. The number of nitrogens with one attached hydrogen (secondary N) is 1. The van der Waals surface area contributed by atoms with E-state index < -0.39 is 0 Å². The molecule has 0 aliphatic heterocycles. The molecule has 0 fully saturated rings. The SMILES string of the molecule is Fc1ccc(C(Cl)Cn2ncc3c(Nc4cccc(Br)c4)ncnc32)cc1. The van der Waals surface area contributed by atoms with E-state index in [0.29, 0.717) is 18.0 Å². The topological polar surface area (TPSA) is 55.6 Å². The van der Waals surface area contributed by atoms with Gasteiger partial charge in [0.25, 0.3) is 0 Å². The Kier molecular flexibility index (Phi) is 5.05. The van der Waals surface area contributed by atoms with Crippen molar-refractivity contribution in [3.05, 3.63) is 76.9 Å². The van der Waals surface area contributed by atoms with Crippen LogP contribution in [0, 0.1) is 5.82 Å². The Balaban J connectivity index is 1.61. The van der Waals surface area contributed by atoms with E-state index in [1.54, 1.807) is 23.0 Å². The fourth-order valence-corrected chi connectivity index (χ4v) is 3.43. The molecule has 8 heteroatoms. The van der Waals surface area contributed by atoms with Crippen molar-refractivity contribution in [2.45, 2.75) is 11.9 Å². The van der Waals surface area contributed by atoms with Crippen LogP contribution >= 0.6 is 27.5 Å². The molecule has 2 aromatic carbocycles. The van der Waals surface area contributed by atoms with Crippen LogP contribution in [0.3, 0.4) is 0 Å². The first-order chi connectivity index (χ1) is 13.1. The van der Waals surface area contributed by atoms with E-state index >= 15 is 0 Å². The van der Waals surface area contributed by atoms with Crippen molar-refractivity contribution >= 4 is 50.1 Å². The molecule has 5 nitrogen and oxygen atoms in total. The van der Waals surface area contributed by atoms with E-state index in [1.807, 2.05) is 24.3 Å². The lowest BCUT2D eigenvalue weighted by Crippen LogP contribution is -2.07. The highest BCUT2D eigenvalue weighted by molar-refractivity contribution is 9.10. The summed E-state index contributed by atoms with van der Waals surface area (Å²) in [6.07, 6.45) is 3.20. The van der Waals surface area contributed by atoms with Crippen LogP contribution in [0.2, 0.25) is 0 Å². The summed E-state index contributed by atoms with van der Waals surface area (Å²) >= 11 is 9.95. The van der Waals surface area contributed by atoms with Crippen LogP contribution in [0.15, 0.2) is 65.5 Å². The first-order valence-electron chi connectivity index (χ1n) is 8.19. The predicted octanol–water partition coefficient (Wildman–Crippen LogP) is 5.45. The Morgan fingerprint density at radius 1 is 1.15 bits per heavy atom. The highest BCUT2D eigenvalue weighted by atomic mass is 79.9. The molecule has 0 aliphatic carbocycles. The van der Waals surface area contributed by atoms with E-state index in [4.69, 9.17) is 11.6 Å². The first kappa shape index (κ1) is 17.9. The van der Waals surface area contributed by atoms with Crippen LogP contribution in [-0.4, -0.2) is 19.7 Å². The van der Waals surface area contributed by atoms with Gasteiger partial charge in [-0.05, 0) is 35.9 Å². The molecule has 2 heterocycles. The standard InChI is InChI=1S/C19H14BrClFN5/c20-13-2-1-3-15(8-13)26-18-16-9-25-27(19(16)24-11-23-18)10-17(21)12-4-6-14(22)7-5-12/h1-9,11,17H,10H2,(H,23,24,26). The molecule has 0 saturated carbocycles. The number of nitrogens with zero attached hydrogens (tertiary/aromatic N) is 4. The normalized spacial score (nSPS) is 12.3. The number of halogens is 3. The van der Waals surface area contributed by atoms with E-state index in [-0.39, 0.29) is 11.2 Å². The van der Waals surface area contributed by atoms with E-state index in [0.717, 1.165) is 21.1 Å². The molecule has 0 aliphatic rings. The monoisotopic (exact) mass is 445 g/mol. The van der Waals surface area contributed by atoms with Crippen molar-refractivity contribution in [2.75, 3.05) is 5.32 Å². The zero-order chi connectivity index (χ0) is 18.8. The van der Waals surface area contributed by atoms with Crippen LogP contribution in [0.1, 0.15) is 10.9 Å². The average molecular weight is 447 g/mol. The predicted molar refractivity (Wildman–Crippen MR) is 108 cm³/mol. The molecular weight excluding hydrogens is 433 g/mol. The summed E-state index contributed by atoms with van der Waals surface area (Å²) in [5.41, 5.74) is 2.40. The highest BCUT2D eigenvalue weighted by Crippen LogP contribution is 2.27. The second kappa shape index (κ2) is 7.62. The van der Waals surface area contributed by atoms with Gasteiger partial charge < -0.3 is 5.32 Å². The first-order valence-corrected chi connectivity index (χ1v) is 9.42. The summed E-state index contributed by atoms with van der Waals surface area (Å²) in [5, 5.41) is 8.12. The maximum atomic E-state index is 13.1. The van der Waals surface area contributed by atoms with E-state index in [9.17, 15) is 4.39 Å². The van der Waals surface area contributed by atoms with Gasteiger partial charge in [0.1, 0.15) is 18.0 Å². The van der Waals surface area contributed by atoms with Gasteiger partial charge in [-0.1, -0.05) is 34.1 Å². The third-order valence-electron chi connectivity index (χ3n) is 4.09. The summed E-state index contributed by atoms with van der Waals surface area (Å²) in [6.45, 7) is 0.407. The molecule has 1 atom stereocenters. The van der Waals surface area contributed by atoms with Gasteiger partial charge in [-0.2, -0.15) is 5.10 Å². The Bertz CT molecular complexity index is 1080. The average Bonchev–Trinajstić information content (AvgIpc) is 3.06. The summed E-state index contributed by atoms with van der Waals surface area (Å²) in [7, 11) is 0. The molecule has 0 bridgehead atoms. The molecule has 136 valence electrons. The van der Waals surface area contributed by atoms with Crippen molar-refractivity contribution < 1.29 is 4.39 Å². The third kappa shape index (κ3) is 3.94. The number of hydrogen-bond donors (Lipinski definition) is 1. The molecule has 0 spiro atoms. The molecule has 0 saturated heterocycles. The number of rotatable bonds is 5. The molecule has 0 radical (unpaired) electrons. The molecule has 27 heavy (non-hydrogen) atoms. The van der Waals surface area contributed by atoms with Gasteiger partial charge in [0.2, 0.25) is 0 Å². The Labute approximate surface area is 168 Å². The Morgan fingerprint density at radius 2 is 1.96 bits per heavy atom. The number of fused-ring (bicyclic) bond motifs is 1. The summed E-state index contributed by atoms with van der Waals surface area (Å²) in [4.78, 5) is 8.67. The number of aromatic nitrogens is 4. The van der Waals surface area contributed by atoms with Crippen molar-refractivity contribution in [2.24, 2.45) is 0 Å². The number of alkyl halides is 1. The van der Waals surface area contributed by atoms with Crippen LogP contribution in [-0.2, 0) is 6.54 Å². The fraction of sp³-hybridized carbons (Fsp3) is 0.105. The quantitative estimate of drug-likeness (QED) is 0.414. The Hall–Kier alpha value is -2.51. The molecule has 2 aromatic heterocycles. The maximum Gasteiger partial charge on any atom is 0.163 e. The van der Waals surface area contributed by atoms with Crippen LogP contribution < -0.4 is 5.32 Å². The summed E-state index contributed by atoms with van der Waals surface area (Å²) in [6, 6.07) is 13.9. The second-order valence-corrected chi connectivity index (χ2v) is 7.38. The van der Waals surface area contributed by atoms with Gasteiger partial charge in [-0.25, -0.2) is 19.0 Å². The van der Waals surface area contributed by atoms with Gasteiger partial charge in [-0.15, -0.1) is 11.6 Å². The van der Waals surface area contributed by atoms with Gasteiger partial charge >= 0.3 is 0 Å². The number of benzene rings is 2. The second-order valence-electron chi connectivity index (χ2n) is 5.94. The summed E-state index contributed by atoms with van der Waals surface area (Å²) < 4.78 is 15.8. The van der Waals surface area contributed by atoms with Crippen LogP contribution in [0.5, 0.6) is 0 Å². The molecule has 4 aromatic rings. The minimum absolute atomic E-state index is 0.289. The lowest BCUT2D eigenvalue weighted by Gasteiger charge is -2.11. The van der Waals surface area contributed by atoms with Crippen molar-refractivity contribution in [3.8, 4) is 0 Å². The lowest BCUT2D eigenvalue weighted by atomic mass is 10.1. The number of anilines is 2. The van der Waals surface area contributed by atoms with E-state index in [1.165, 1.54) is 18.5 Å². The minimum atomic E-state index is -0.356. The zero-order valence-electron chi connectivity index (χ0n) is 14.0. The van der Waals surface area contributed by atoms with Gasteiger partial charge in [0.05, 0.1) is 23.5 Å². The van der Waals surface area contributed by atoms with Crippen LogP contribution in [0.25, 0.3) is 11.0 Å². The zero-order valence-corrected chi connectivity index (χ0v) is 16.3. The van der Waals surface area contributed by atoms with Gasteiger partial charge in [-0.3, -0.25) is 0 Å². The van der Waals surface area contributed by atoms with Gasteiger partial charge in [0, 0.05) is 10.2 Å². The Morgan fingerprint density at radius 3 is 2.74 bits per heavy atom. The maximum absolute atomic E-state index is 13.1. The van der Waals surface area contributed by atoms with Crippen LogP contribution in [0.4, 0.5) is 15.9 Å².